The monoisotopic (exact) mass is 326 g/mol. The molecule has 0 nitrogen and oxygen atoms in total. The van der Waals surface area contributed by atoms with Crippen molar-refractivity contribution in [3.8, 4) is 10.4 Å². The highest BCUT2D eigenvalue weighted by Gasteiger charge is 2.01. The number of alkyl halides is 1. The van der Waals surface area contributed by atoms with E-state index in [0.29, 0.717) is 5.88 Å². The van der Waals surface area contributed by atoms with Crippen LogP contribution in [0.3, 0.4) is 0 Å². The van der Waals surface area contributed by atoms with Crippen LogP contribution < -0.4 is 0 Å². The number of hydrogen-bond donors (Lipinski definition) is 0. The van der Waals surface area contributed by atoms with Gasteiger partial charge in [-0.1, -0.05) is 33.6 Å². The lowest BCUT2D eigenvalue weighted by atomic mass is 10.2. The van der Waals surface area contributed by atoms with E-state index in [4.69, 9.17) is 11.6 Å². The van der Waals surface area contributed by atoms with Crippen molar-refractivity contribution in [3.05, 3.63) is 51.3 Å². The molecule has 0 saturated carbocycles. The number of halogens is 2. The molecule has 0 atom stereocenters. The molecule has 0 amide bonds. The molecule has 0 fully saturated rings. The van der Waals surface area contributed by atoms with E-state index in [1.165, 1.54) is 20.9 Å². The zero-order valence-corrected chi connectivity index (χ0v) is 12.6. The summed E-state index contributed by atoms with van der Waals surface area (Å²) in [5.74, 6) is 0.589. The van der Waals surface area contributed by atoms with Gasteiger partial charge in [-0.3, -0.25) is 0 Å². The van der Waals surface area contributed by atoms with Crippen LogP contribution >= 0.6 is 38.9 Å². The summed E-state index contributed by atoms with van der Waals surface area (Å²) in [6.45, 7) is 2.05. The minimum atomic E-state index is 0.589. The van der Waals surface area contributed by atoms with Crippen molar-refractivity contribution in [2.45, 2.75) is 6.92 Å². The fourth-order valence-electron chi connectivity index (χ4n) is 1.48. The average Bonchev–Trinajstić information content (AvgIpc) is 2.78. The molecule has 0 saturated heterocycles. The van der Waals surface area contributed by atoms with E-state index < -0.39 is 0 Å². The summed E-state index contributed by atoms with van der Waals surface area (Å²) in [7, 11) is 0. The Bertz CT molecular complexity index is 525. The maximum atomic E-state index is 5.77. The van der Waals surface area contributed by atoms with Crippen LogP contribution in [0.5, 0.6) is 0 Å². The smallest absolute Gasteiger partial charge is 0.0434 e. The second kappa shape index (κ2) is 5.85. The molecule has 0 aliphatic heterocycles. The zero-order chi connectivity index (χ0) is 12.3. The lowest BCUT2D eigenvalue weighted by molar-refractivity contribution is 1.44. The molecule has 0 aliphatic rings. The number of hydrogen-bond acceptors (Lipinski definition) is 1. The third-order valence-corrected chi connectivity index (χ3v) is 4.39. The van der Waals surface area contributed by atoms with E-state index in [2.05, 4.69) is 58.4 Å². The molecular formula is C14H12BrClS. The molecule has 2 rings (SSSR count). The Morgan fingerprint density at radius 1 is 1.24 bits per heavy atom. The van der Waals surface area contributed by atoms with Gasteiger partial charge in [0.25, 0.3) is 0 Å². The molecular weight excluding hydrogens is 316 g/mol. The van der Waals surface area contributed by atoms with Crippen molar-refractivity contribution < 1.29 is 0 Å². The predicted octanol–water partition coefficient (Wildman–Crippen LogP) is 5.82. The standard InChI is InChI=1S/C14H12BrClS/c1-10(9-16)8-13-6-7-14(17-13)11-2-4-12(15)5-3-11/h2-8H,9H2,1H3. The molecule has 0 bridgehead atoms. The van der Waals surface area contributed by atoms with Gasteiger partial charge in [0, 0.05) is 20.1 Å². The van der Waals surface area contributed by atoms with Gasteiger partial charge in [-0.25, -0.2) is 0 Å². The molecule has 0 spiro atoms. The van der Waals surface area contributed by atoms with E-state index >= 15 is 0 Å². The maximum absolute atomic E-state index is 5.77. The fraction of sp³-hybridized carbons (Fsp3) is 0.143. The molecule has 1 aromatic heterocycles. The van der Waals surface area contributed by atoms with E-state index in [0.717, 1.165) is 4.47 Å². The zero-order valence-electron chi connectivity index (χ0n) is 9.41. The van der Waals surface area contributed by atoms with Crippen LogP contribution in [-0.2, 0) is 0 Å². The van der Waals surface area contributed by atoms with E-state index in [1.807, 2.05) is 6.92 Å². The van der Waals surface area contributed by atoms with Crippen molar-refractivity contribution in [1.82, 2.24) is 0 Å². The highest BCUT2D eigenvalue weighted by atomic mass is 79.9. The lowest BCUT2D eigenvalue weighted by Gasteiger charge is -1.96. The van der Waals surface area contributed by atoms with Crippen LogP contribution in [0.4, 0.5) is 0 Å². The van der Waals surface area contributed by atoms with Crippen molar-refractivity contribution in [3.63, 3.8) is 0 Å². The van der Waals surface area contributed by atoms with Crippen LogP contribution in [0.1, 0.15) is 11.8 Å². The minimum Gasteiger partial charge on any atom is -0.136 e. The van der Waals surface area contributed by atoms with Gasteiger partial charge in [0.15, 0.2) is 0 Å². The summed E-state index contributed by atoms with van der Waals surface area (Å²) in [5, 5.41) is 0. The maximum Gasteiger partial charge on any atom is 0.0434 e. The molecule has 17 heavy (non-hydrogen) atoms. The molecule has 3 heteroatoms. The van der Waals surface area contributed by atoms with Gasteiger partial charge < -0.3 is 0 Å². The first kappa shape index (κ1) is 12.9. The first-order chi connectivity index (χ1) is 8.19. The van der Waals surface area contributed by atoms with Crippen LogP contribution in [0.25, 0.3) is 16.5 Å². The average molecular weight is 328 g/mol. The highest BCUT2D eigenvalue weighted by Crippen LogP contribution is 2.30. The molecule has 1 heterocycles. The second-order valence-electron chi connectivity index (χ2n) is 3.83. The topological polar surface area (TPSA) is 0 Å². The first-order valence-electron chi connectivity index (χ1n) is 5.28. The minimum absolute atomic E-state index is 0.589. The molecule has 0 radical (unpaired) electrons. The molecule has 88 valence electrons. The van der Waals surface area contributed by atoms with Gasteiger partial charge in [-0.15, -0.1) is 22.9 Å². The number of allylic oxidation sites excluding steroid dienone is 1. The Morgan fingerprint density at radius 2 is 1.94 bits per heavy atom. The van der Waals surface area contributed by atoms with Crippen molar-refractivity contribution in [2.75, 3.05) is 5.88 Å². The van der Waals surface area contributed by atoms with Crippen LogP contribution in [0.15, 0.2) is 46.4 Å². The molecule has 0 unspecified atom stereocenters. The Labute approximate surface area is 119 Å². The Hall–Kier alpha value is -0.570. The predicted molar refractivity (Wildman–Crippen MR) is 81.8 cm³/mol. The van der Waals surface area contributed by atoms with Crippen molar-refractivity contribution >= 4 is 44.9 Å². The Kier molecular flexibility index (Phi) is 4.43. The quantitative estimate of drug-likeness (QED) is 0.623. The first-order valence-corrected chi connectivity index (χ1v) is 7.42. The summed E-state index contributed by atoms with van der Waals surface area (Å²) in [6, 6.07) is 12.7. The Morgan fingerprint density at radius 3 is 2.59 bits per heavy atom. The number of rotatable bonds is 3. The molecule has 2 aromatic rings. The summed E-state index contributed by atoms with van der Waals surface area (Å²) in [4.78, 5) is 2.53. The summed E-state index contributed by atoms with van der Waals surface area (Å²) >= 11 is 11.0. The SMILES string of the molecule is CC(=Cc1ccc(-c2ccc(Br)cc2)s1)CCl. The fourth-order valence-corrected chi connectivity index (χ4v) is 2.86. The molecule has 0 aliphatic carbocycles. The van der Waals surface area contributed by atoms with Gasteiger partial charge >= 0.3 is 0 Å². The van der Waals surface area contributed by atoms with Crippen molar-refractivity contribution in [2.24, 2.45) is 0 Å². The van der Waals surface area contributed by atoms with Crippen LogP contribution in [0, 0.1) is 0 Å². The van der Waals surface area contributed by atoms with E-state index in [9.17, 15) is 0 Å². The van der Waals surface area contributed by atoms with Crippen LogP contribution in [-0.4, -0.2) is 5.88 Å². The number of benzene rings is 1. The largest absolute Gasteiger partial charge is 0.136 e. The lowest BCUT2D eigenvalue weighted by Crippen LogP contribution is -1.73. The highest BCUT2D eigenvalue weighted by molar-refractivity contribution is 9.10. The van der Waals surface area contributed by atoms with Gasteiger partial charge in [0.2, 0.25) is 0 Å². The van der Waals surface area contributed by atoms with E-state index in [1.54, 1.807) is 11.3 Å². The van der Waals surface area contributed by atoms with E-state index in [-0.39, 0.29) is 0 Å². The van der Waals surface area contributed by atoms with Gasteiger partial charge in [-0.2, -0.15) is 0 Å². The normalized spacial score (nSPS) is 11.8. The van der Waals surface area contributed by atoms with Gasteiger partial charge in [-0.05, 0) is 42.8 Å². The second-order valence-corrected chi connectivity index (χ2v) is 6.13. The summed E-state index contributed by atoms with van der Waals surface area (Å²) in [5.41, 5.74) is 2.44. The van der Waals surface area contributed by atoms with Crippen molar-refractivity contribution in [1.29, 1.82) is 0 Å². The van der Waals surface area contributed by atoms with Gasteiger partial charge in [0.1, 0.15) is 0 Å². The van der Waals surface area contributed by atoms with Crippen LogP contribution in [0.2, 0.25) is 0 Å². The summed E-state index contributed by atoms with van der Waals surface area (Å²) < 4.78 is 1.11. The third kappa shape index (κ3) is 3.44. The van der Waals surface area contributed by atoms with Gasteiger partial charge in [0.05, 0.1) is 0 Å². The third-order valence-electron chi connectivity index (χ3n) is 2.35. The Balaban J connectivity index is 2.27. The summed E-state index contributed by atoms with van der Waals surface area (Å²) in [6.07, 6.45) is 2.14. The number of thiophene rings is 1. The molecule has 0 N–H and O–H groups in total. The molecule has 1 aromatic carbocycles.